The maximum atomic E-state index is 13.3. The third-order valence-corrected chi connectivity index (χ3v) is 4.10. The third kappa shape index (κ3) is 2.39. The number of nitrogens with one attached hydrogen (secondary N) is 1. The minimum Gasteiger partial charge on any atom is -0.337 e. The molecule has 0 unspecified atom stereocenters. The van der Waals surface area contributed by atoms with Crippen LogP contribution in [0.3, 0.4) is 0 Å². The molecule has 0 saturated carbocycles. The summed E-state index contributed by atoms with van der Waals surface area (Å²) in [5.41, 5.74) is 2.98. The molecule has 2 heterocycles. The first-order chi connectivity index (χ1) is 10.3. The van der Waals surface area contributed by atoms with Crippen molar-refractivity contribution in [2.75, 3.05) is 0 Å². The van der Waals surface area contributed by atoms with Crippen molar-refractivity contribution in [2.45, 2.75) is 32.2 Å². The highest BCUT2D eigenvalue weighted by Crippen LogP contribution is 2.34. The number of rotatable bonds is 3. The van der Waals surface area contributed by atoms with E-state index in [9.17, 15) is 13.6 Å². The second-order valence-corrected chi connectivity index (χ2v) is 5.92. The summed E-state index contributed by atoms with van der Waals surface area (Å²) in [6.45, 7) is 3.26. The van der Waals surface area contributed by atoms with E-state index in [1.807, 2.05) is 13.8 Å². The van der Waals surface area contributed by atoms with Gasteiger partial charge in [0.15, 0.2) is 0 Å². The number of aromatic amines is 1. The van der Waals surface area contributed by atoms with Crippen molar-refractivity contribution < 1.29 is 8.78 Å². The summed E-state index contributed by atoms with van der Waals surface area (Å²) in [5.74, 6) is 0. The van der Waals surface area contributed by atoms with Gasteiger partial charge >= 0.3 is 5.38 Å². The van der Waals surface area contributed by atoms with Crippen molar-refractivity contribution in [2.24, 2.45) is 0 Å². The molecule has 116 valence electrons. The van der Waals surface area contributed by atoms with Crippen molar-refractivity contribution in [3.63, 3.8) is 0 Å². The Bertz CT molecular complexity index is 922. The first-order valence-electron chi connectivity index (χ1n) is 7.02. The van der Waals surface area contributed by atoms with Crippen molar-refractivity contribution >= 4 is 33.4 Å². The number of hydrogen-bond donors (Lipinski definition) is 1. The summed E-state index contributed by atoms with van der Waals surface area (Å²) >= 11 is 5.14. The zero-order chi connectivity index (χ0) is 16.1. The maximum absolute atomic E-state index is 13.3. The molecule has 0 fully saturated rings. The molecule has 6 heteroatoms. The first kappa shape index (κ1) is 15.0. The van der Waals surface area contributed by atoms with E-state index < -0.39 is 11.9 Å². The second-order valence-electron chi connectivity index (χ2n) is 5.37. The van der Waals surface area contributed by atoms with Gasteiger partial charge in [-0.3, -0.25) is 4.79 Å². The average Bonchev–Trinajstić information content (AvgIpc) is 2.69. The van der Waals surface area contributed by atoms with Crippen molar-refractivity contribution in [1.82, 2.24) is 9.55 Å². The van der Waals surface area contributed by atoms with Gasteiger partial charge in [0, 0.05) is 33.6 Å². The first-order valence-corrected chi connectivity index (χ1v) is 7.40. The predicted octanol–water partition coefficient (Wildman–Crippen LogP) is 4.19. The molecular formula is C16H15ClF2N2O. The van der Waals surface area contributed by atoms with Gasteiger partial charge in [-0.05, 0) is 48.7 Å². The molecule has 0 atom stereocenters. The number of nitrogens with zero attached hydrogens (tertiary/aromatic N) is 1. The lowest BCUT2D eigenvalue weighted by molar-refractivity contribution is 0.0764. The number of fused-ring (bicyclic) bond motifs is 3. The van der Waals surface area contributed by atoms with Crippen LogP contribution < -0.4 is 5.56 Å². The monoisotopic (exact) mass is 324 g/mol. The average molecular weight is 325 g/mol. The van der Waals surface area contributed by atoms with Gasteiger partial charge in [0.1, 0.15) is 6.54 Å². The van der Waals surface area contributed by atoms with Crippen molar-refractivity contribution in [3.05, 3.63) is 45.9 Å². The van der Waals surface area contributed by atoms with Gasteiger partial charge in [0.2, 0.25) is 5.56 Å². The van der Waals surface area contributed by atoms with Gasteiger partial charge in [0.25, 0.3) is 0 Å². The SMILES string of the molecule is CCc1c(C)c2c3ccc(=O)[nH]c3ccc2n1CC(F)(F)Cl. The standard InChI is InChI=1S/C16H15ClF2N2O/c1-3-12-9(2)15-10-4-7-14(22)20-11(10)5-6-13(15)21(12)8-16(17,18)19/h4-7H,3,8H2,1-2H3,(H,20,22). The number of aryl methyl sites for hydroxylation is 1. The van der Waals surface area contributed by atoms with Crippen LogP contribution in [0.25, 0.3) is 21.8 Å². The van der Waals surface area contributed by atoms with Crippen LogP contribution in [0.15, 0.2) is 29.1 Å². The summed E-state index contributed by atoms with van der Waals surface area (Å²) in [6, 6.07) is 6.66. The molecule has 0 radical (unpaired) electrons. The highest BCUT2D eigenvalue weighted by atomic mass is 35.5. The Morgan fingerprint density at radius 3 is 2.64 bits per heavy atom. The molecule has 3 nitrogen and oxygen atoms in total. The smallest absolute Gasteiger partial charge is 0.337 e. The molecule has 0 aliphatic rings. The second kappa shape index (κ2) is 5.09. The molecule has 0 saturated heterocycles. The minimum atomic E-state index is -3.30. The molecule has 1 N–H and O–H groups in total. The fourth-order valence-corrected chi connectivity index (χ4v) is 3.27. The number of aromatic nitrogens is 2. The molecule has 3 rings (SSSR count). The topological polar surface area (TPSA) is 37.8 Å². The Balaban J connectivity index is 2.42. The van der Waals surface area contributed by atoms with Crippen LogP contribution in [0.4, 0.5) is 8.78 Å². The van der Waals surface area contributed by atoms with E-state index in [1.165, 1.54) is 6.07 Å². The van der Waals surface area contributed by atoms with Crippen LogP contribution >= 0.6 is 11.6 Å². The molecule has 0 amide bonds. The lowest BCUT2D eigenvalue weighted by Crippen LogP contribution is -2.18. The van der Waals surface area contributed by atoms with Crippen LogP contribution in [-0.2, 0) is 13.0 Å². The molecular weight excluding hydrogens is 310 g/mol. The number of hydrogen-bond acceptors (Lipinski definition) is 1. The minimum absolute atomic E-state index is 0.188. The lowest BCUT2D eigenvalue weighted by Gasteiger charge is -2.14. The molecule has 0 aliphatic carbocycles. The Morgan fingerprint density at radius 2 is 2.00 bits per heavy atom. The Hall–Kier alpha value is -1.88. The van der Waals surface area contributed by atoms with Gasteiger partial charge in [0.05, 0.1) is 0 Å². The number of halogens is 3. The maximum Gasteiger partial charge on any atom is 0.339 e. The highest BCUT2D eigenvalue weighted by Gasteiger charge is 2.28. The highest BCUT2D eigenvalue weighted by molar-refractivity contribution is 6.21. The van der Waals surface area contributed by atoms with E-state index in [0.717, 1.165) is 22.0 Å². The summed E-state index contributed by atoms with van der Waals surface area (Å²) in [5, 5.41) is -1.57. The van der Waals surface area contributed by atoms with Gasteiger partial charge < -0.3 is 9.55 Å². The molecule has 1 aromatic carbocycles. The van der Waals surface area contributed by atoms with Crippen LogP contribution in [-0.4, -0.2) is 14.9 Å². The van der Waals surface area contributed by atoms with Gasteiger partial charge in [-0.1, -0.05) is 6.92 Å². The Morgan fingerprint density at radius 1 is 1.27 bits per heavy atom. The van der Waals surface area contributed by atoms with Gasteiger partial charge in [-0.2, -0.15) is 8.78 Å². The fourth-order valence-electron chi connectivity index (χ4n) is 3.15. The molecule has 2 aromatic heterocycles. The lowest BCUT2D eigenvalue weighted by atomic mass is 10.1. The van der Waals surface area contributed by atoms with Crippen molar-refractivity contribution in [3.8, 4) is 0 Å². The third-order valence-electron chi connectivity index (χ3n) is 3.98. The molecule has 3 aromatic rings. The van der Waals surface area contributed by atoms with E-state index >= 15 is 0 Å². The zero-order valence-electron chi connectivity index (χ0n) is 12.2. The largest absolute Gasteiger partial charge is 0.339 e. The zero-order valence-corrected chi connectivity index (χ0v) is 13.0. The number of benzene rings is 1. The quantitative estimate of drug-likeness (QED) is 0.721. The van der Waals surface area contributed by atoms with Gasteiger partial charge in [-0.25, -0.2) is 0 Å². The van der Waals surface area contributed by atoms with Crippen LogP contribution in [0, 0.1) is 6.92 Å². The van der Waals surface area contributed by atoms with Gasteiger partial charge in [-0.15, -0.1) is 0 Å². The summed E-state index contributed by atoms with van der Waals surface area (Å²) in [4.78, 5) is 14.2. The Labute approximate surface area is 130 Å². The number of pyridine rings is 1. The molecule has 0 aliphatic heterocycles. The molecule has 0 bridgehead atoms. The Kier molecular flexibility index (Phi) is 3.48. The summed E-state index contributed by atoms with van der Waals surface area (Å²) in [7, 11) is 0. The molecule has 0 spiro atoms. The van der Waals surface area contributed by atoms with E-state index in [-0.39, 0.29) is 5.56 Å². The number of alkyl halides is 3. The predicted molar refractivity (Wildman–Crippen MR) is 85.0 cm³/mol. The van der Waals surface area contributed by atoms with E-state index in [0.29, 0.717) is 17.5 Å². The normalized spacial score (nSPS) is 12.4. The number of H-pyrrole nitrogens is 1. The van der Waals surface area contributed by atoms with E-state index in [1.54, 1.807) is 22.8 Å². The van der Waals surface area contributed by atoms with Crippen LogP contribution in [0.1, 0.15) is 18.2 Å². The van der Waals surface area contributed by atoms with Crippen molar-refractivity contribution in [1.29, 1.82) is 0 Å². The van der Waals surface area contributed by atoms with Crippen LogP contribution in [0.5, 0.6) is 0 Å². The summed E-state index contributed by atoms with van der Waals surface area (Å²) < 4.78 is 28.2. The molecule has 22 heavy (non-hydrogen) atoms. The van der Waals surface area contributed by atoms with Crippen LogP contribution in [0.2, 0.25) is 0 Å². The van der Waals surface area contributed by atoms with E-state index in [4.69, 9.17) is 11.6 Å². The fraction of sp³-hybridized carbons (Fsp3) is 0.312. The summed E-state index contributed by atoms with van der Waals surface area (Å²) in [6.07, 6.45) is 0.623. The van der Waals surface area contributed by atoms with E-state index in [2.05, 4.69) is 4.98 Å².